The van der Waals surface area contributed by atoms with Gasteiger partial charge in [-0.3, -0.25) is 9.59 Å². The number of methoxy groups -OCH3 is 1. The van der Waals surface area contributed by atoms with Crippen LogP contribution in [0, 0.1) is 6.92 Å². The molecule has 0 radical (unpaired) electrons. The first-order valence-corrected chi connectivity index (χ1v) is 3.92. The summed E-state index contributed by atoms with van der Waals surface area (Å²) in [5.41, 5.74) is -0.737. The lowest BCUT2D eigenvalue weighted by Gasteiger charge is -2.02. The molecule has 0 aromatic carbocycles. The topological polar surface area (TPSA) is 81.2 Å². The first-order valence-electron chi connectivity index (χ1n) is 3.92. The maximum absolute atomic E-state index is 11.4. The van der Waals surface area contributed by atoms with Gasteiger partial charge in [-0.05, 0) is 6.92 Å². The molecule has 14 heavy (non-hydrogen) atoms. The minimum absolute atomic E-state index is 0.369. The Balaban J connectivity index is 3.20. The molecule has 0 fully saturated rings. The van der Waals surface area contributed by atoms with Crippen molar-refractivity contribution in [3.8, 4) is 0 Å². The van der Waals surface area contributed by atoms with E-state index in [-0.39, 0.29) is 6.54 Å². The number of carbonyl (C=O) groups excluding carboxylic acids is 1. The average Bonchev–Trinajstić information content (AvgIpc) is 2.18. The molecule has 0 aliphatic heterocycles. The van der Waals surface area contributed by atoms with Crippen LogP contribution < -0.4 is 11.2 Å². The third-order valence-electron chi connectivity index (χ3n) is 1.75. The zero-order valence-electron chi connectivity index (χ0n) is 7.86. The van der Waals surface area contributed by atoms with Crippen LogP contribution in [0.3, 0.4) is 0 Å². The van der Waals surface area contributed by atoms with Crippen molar-refractivity contribution in [1.29, 1.82) is 0 Å². The smallest absolute Gasteiger partial charge is 0.328 e. The summed E-state index contributed by atoms with van der Waals surface area (Å²) in [5, 5.41) is 0. The zero-order valence-corrected chi connectivity index (χ0v) is 7.86. The number of aromatic nitrogens is 2. The van der Waals surface area contributed by atoms with Crippen LogP contribution in [0.25, 0.3) is 0 Å². The summed E-state index contributed by atoms with van der Waals surface area (Å²) >= 11 is 0. The first-order chi connectivity index (χ1) is 6.56. The van der Waals surface area contributed by atoms with E-state index in [0.717, 1.165) is 4.57 Å². The van der Waals surface area contributed by atoms with E-state index in [9.17, 15) is 14.4 Å². The van der Waals surface area contributed by atoms with Crippen molar-refractivity contribution < 1.29 is 9.53 Å². The molecule has 1 aromatic heterocycles. The molecule has 1 rings (SSSR count). The highest BCUT2D eigenvalue weighted by Crippen LogP contribution is 1.82. The molecule has 6 heteroatoms. The molecule has 76 valence electrons. The lowest BCUT2D eigenvalue weighted by molar-refractivity contribution is -0.141. The van der Waals surface area contributed by atoms with E-state index in [1.54, 1.807) is 6.92 Å². The predicted molar refractivity (Wildman–Crippen MR) is 48.1 cm³/mol. The van der Waals surface area contributed by atoms with Crippen LogP contribution in [0.1, 0.15) is 5.56 Å². The molecule has 0 atom stereocenters. The molecule has 1 heterocycles. The maximum Gasteiger partial charge on any atom is 0.328 e. The lowest BCUT2D eigenvalue weighted by atomic mass is 10.4. The maximum atomic E-state index is 11.4. The summed E-state index contributed by atoms with van der Waals surface area (Å²) in [6, 6.07) is 0. The van der Waals surface area contributed by atoms with E-state index in [2.05, 4.69) is 9.72 Å². The third-order valence-corrected chi connectivity index (χ3v) is 1.75. The number of carbonyl (C=O) groups is 1. The first kappa shape index (κ1) is 10.2. The Hall–Kier alpha value is -1.85. The fraction of sp³-hybridized carbons (Fsp3) is 0.375. The van der Waals surface area contributed by atoms with Crippen LogP contribution >= 0.6 is 0 Å². The molecule has 6 nitrogen and oxygen atoms in total. The standard InChI is InChI=1S/C8H10N2O4/c1-5-3-9-8(13)10(7(5)12)4-6(11)14-2/h3H,4H2,1-2H3,(H,9,13). The second-order valence-electron chi connectivity index (χ2n) is 2.74. The Bertz CT molecular complexity index is 457. The highest BCUT2D eigenvalue weighted by Gasteiger charge is 2.08. The van der Waals surface area contributed by atoms with Gasteiger partial charge in [0.15, 0.2) is 0 Å². The fourth-order valence-electron chi connectivity index (χ4n) is 0.952. The number of esters is 1. The molecule has 1 aromatic rings. The summed E-state index contributed by atoms with van der Waals surface area (Å²) in [7, 11) is 1.19. The molecule has 0 saturated carbocycles. The highest BCUT2D eigenvalue weighted by atomic mass is 16.5. The molecule has 0 amide bonds. The largest absolute Gasteiger partial charge is 0.468 e. The number of ether oxygens (including phenoxy) is 1. The third kappa shape index (κ3) is 1.90. The van der Waals surface area contributed by atoms with Crippen molar-refractivity contribution in [3.05, 3.63) is 32.6 Å². The number of H-pyrrole nitrogens is 1. The van der Waals surface area contributed by atoms with Gasteiger partial charge < -0.3 is 9.72 Å². The van der Waals surface area contributed by atoms with Crippen LogP contribution in [-0.4, -0.2) is 22.6 Å². The van der Waals surface area contributed by atoms with Crippen LogP contribution in [0.15, 0.2) is 15.8 Å². The van der Waals surface area contributed by atoms with Gasteiger partial charge in [-0.2, -0.15) is 0 Å². The van der Waals surface area contributed by atoms with Gasteiger partial charge in [0.05, 0.1) is 7.11 Å². The zero-order chi connectivity index (χ0) is 10.7. The SMILES string of the molecule is COC(=O)Cn1c(=O)[nH]cc(C)c1=O. The van der Waals surface area contributed by atoms with Gasteiger partial charge in [0.2, 0.25) is 0 Å². The van der Waals surface area contributed by atoms with Crippen LogP contribution in [-0.2, 0) is 16.1 Å². The molecule has 0 aliphatic rings. The Labute approximate surface area is 79.1 Å². The van der Waals surface area contributed by atoms with Gasteiger partial charge in [-0.15, -0.1) is 0 Å². The minimum atomic E-state index is -0.636. The van der Waals surface area contributed by atoms with Crippen molar-refractivity contribution >= 4 is 5.97 Å². The Morgan fingerprint density at radius 3 is 2.79 bits per heavy atom. The van der Waals surface area contributed by atoms with Crippen molar-refractivity contribution in [3.63, 3.8) is 0 Å². The molecule has 0 saturated heterocycles. The van der Waals surface area contributed by atoms with E-state index < -0.39 is 17.2 Å². The van der Waals surface area contributed by atoms with Crippen LogP contribution in [0.4, 0.5) is 0 Å². The van der Waals surface area contributed by atoms with Gasteiger partial charge in [0.1, 0.15) is 6.54 Å². The Morgan fingerprint density at radius 2 is 2.21 bits per heavy atom. The highest BCUT2D eigenvalue weighted by molar-refractivity contribution is 5.68. The summed E-state index contributed by atoms with van der Waals surface area (Å²) < 4.78 is 5.15. The number of rotatable bonds is 2. The monoisotopic (exact) mass is 198 g/mol. The van der Waals surface area contributed by atoms with Gasteiger partial charge in [-0.25, -0.2) is 9.36 Å². The number of aryl methyl sites for hydroxylation is 1. The molecule has 0 bridgehead atoms. The van der Waals surface area contributed by atoms with E-state index in [1.807, 2.05) is 0 Å². The van der Waals surface area contributed by atoms with Gasteiger partial charge in [0, 0.05) is 11.8 Å². The minimum Gasteiger partial charge on any atom is -0.468 e. The normalized spacial score (nSPS) is 9.86. The van der Waals surface area contributed by atoms with Crippen LogP contribution in [0.2, 0.25) is 0 Å². The molecular formula is C8H10N2O4. The summed E-state index contributed by atoms with van der Waals surface area (Å²) in [6.07, 6.45) is 1.30. The number of hydrogen-bond acceptors (Lipinski definition) is 4. The van der Waals surface area contributed by atoms with Gasteiger partial charge in [-0.1, -0.05) is 0 Å². The number of nitrogens with zero attached hydrogens (tertiary/aromatic N) is 1. The van der Waals surface area contributed by atoms with Crippen molar-refractivity contribution in [1.82, 2.24) is 9.55 Å². The molecular weight excluding hydrogens is 188 g/mol. The van der Waals surface area contributed by atoms with E-state index in [1.165, 1.54) is 13.3 Å². The van der Waals surface area contributed by atoms with E-state index in [0.29, 0.717) is 5.56 Å². The van der Waals surface area contributed by atoms with Gasteiger partial charge in [0.25, 0.3) is 5.56 Å². The molecule has 0 spiro atoms. The summed E-state index contributed by atoms with van der Waals surface area (Å²) in [5.74, 6) is -0.636. The van der Waals surface area contributed by atoms with Crippen molar-refractivity contribution in [2.75, 3.05) is 7.11 Å². The average molecular weight is 198 g/mol. The summed E-state index contributed by atoms with van der Waals surface area (Å²) in [6.45, 7) is 1.18. The van der Waals surface area contributed by atoms with Crippen LogP contribution in [0.5, 0.6) is 0 Å². The Kier molecular flexibility index (Phi) is 2.85. The predicted octanol–water partition coefficient (Wildman–Crippen LogP) is -0.982. The summed E-state index contributed by atoms with van der Waals surface area (Å²) in [4.78, 5) is 35.7. The number of aromatic amines is 1. The lowest BCUT2D eigenvalue weighted by Crippen LogP contribution is -2.38. The second-order valence-corrected chi connectivity index (χ2v) is 2.74. The molecule has 0 aliphatic carbocycles. The van der Waals surface area contributed by atoms with Gasteiger partial charge >= 0.3 is 11.7 Å². The van der Waals surface area contributed by atoms with Crippen molar-refractivity contribution in [2.24, 2.45) is 0 Å². The quantitative estimate of drug-likeness (QED) is 0.619. The number of hydrogen-bond donors (Lipinski definition) is 1. The van der Waals surface area contributed by atoms with Crippen molar-refractivity contribution in [2.45, 2.75) is 13.5 Å². The molecule has 0 unspecified atom stereocenters. The Morgan fingerprint density at radius 1 is 1.57 bits per heavy atom. The number of nitrogens with one attached hydrogen (secondary N) is 1. The fourth-order valence-corrected chi connectivity index (χ4v) is 0.952. The van der Waals surface area contributed by atoms with E-state index >= 15 is 0 Å². The second kappa shape index (κ2) is 3.91. The van der Waals surface area contributed by atoms with E-state index in [4.69, 9.17) is 0 Å². The molecule has 1 N–H and O–H groups in total.